The molecule has 1 unspecified atom stereocenters. The molecule has 0 fully saturated rings. The number of aryl methyl sites for hydroxylation is 1. The first-order valence-corrected chi connectivity index (χ1v) is 8.50. The average Bonchev–Trinajstić information content (AvgIpc) is 2.80. The highest BCUT2D eigenvalue weighted by Gasteiger charge is 2.18. The standard InChI is InChI=1S/C16H19BrFNOS/c1-4-7-19-16(15-9-12(17)10(2)21-15)11-5-6-13(18)14(8-11)20-3/h5-6,8-9,16,19H,4,7H2,1-3H3. The van der Waals surface area contributed by atoms with Gasteiger partial charge in [-0.05, 0) is 59.6 Å². The smallest absolute Gasteiger partial charge is 0.165 e. The van der Waals surface area contributed by atoms with Crippen LogP contribution in [-0.4, -0.2) is 13.7 Å². The van der Waals surface area contributed by atoms with E-state index >= 15 is 0 Å². The molecule has 1 aromatic heterocycles. The molecule has 2 aromatic rings. The van der Waals surface area contributed by atoms with Crippen LogP contribution in [0.15, 0.2) is 28.7 Å². The van der Waals surface area contributed by atoms with Crippen molar-refractivity contribution in [3.63, 3.8) is 0 Å². The van der Waals surface area contributed by atoms with Crippen LogP contribution in [0.2, 0.25) is 0 Å². The van der Waals surface area contributed by atoms with Crippen LogP contribution in [0.4, 0.5) is 4.39 Å². The monoisotopic (exact) mass is 371 g/mol. The lowest BCUT2D eigenvalue weighted by molar-refractivity contribution is 0.385. The van der Waals surface area contributed by atoms with Gasteiger partial charge in [0.05, 0.1) is 13.2 Å². The highest BCUT2D eigenvalue weighted by atomic mass is 79.9. The number of benzene rings is 1. The first kappa shape index (κ1) is 16.5. The van der Waals surface area contributed by atoms with Crippen LogP contribution in [0.1, 0.15) is 34.7 Å². The molecule has 1 aromatic carbocycles. The fourth-order valence-electron chi connectivity index (χ4n) is 2.15. The molecule has 0 aliphatic carbocycles. The summed E-state index contributed by atoms with van der Waals surface area (Å²) in [6.07, 6.45) is 1.04. The molecule has 0 aliphatic rings. The average molecular weight is 372 g/mol. The SMILES string of the molecule is CCCNC(c1ccc(F)c(OC)c1)c1cc(Br)c(C)s1. The van der Waals surface area contributed by atoms with Crippen molar-refractivity contribution < 1.29 is 9.13 Å². The molecule has 1 N–H and O–H groups in total. The van der Waals surface area contributed by atoms with Crippen molar-refractivity contribution in [1.82, 2.24) is 5.32 Å². The number of halogens is 2. The Kier molecular flexibility index (Phi) is 5.79. The number of methoxy groups -OCH3 is 1. The molecule has 0 aliphatic heterocycles. The molecule has 2 rings (SSSR count). The normalized spacial score (nSPS) is 12.4. The van der Waals surface area contributed by atoms with Gasteiger partial charge in [-0.2, -0.15) is 0 Å². The predicted octanol–water partition coefficient (Wildman–Crippen LogP) is 5.06. The number of hydrogen-bond donors (Lipinski definition) is 1. The Hall–Kier alpha value is -0.910. The first-order valence-electron chi connectivity index (χ1n) is 6.89. The lowest BCUT2D eigenvalue weighted by Crippen LogP contribution is -2.22. The summed E-state index contributed by atoms with van der Waals surface area (Å²) in [6.45, 7) is 5.12. The van der Waals surface area contributed by atoms with Crippen LogP contribution >= 0.6 is 27.3 Å². The molecular weight excluding hydrogens is 353 g/mol. The number of rotatable bonds is 6. The summed E-state index contributed by atoms with van der Waals surface area (Å²) >= 11 is 5.30. The number of hydrogen-bond acceptors (Lipinski definition) is 3. The quantitative estimate of drug-likeness (QED) is 0.766. The molecule has 0 saturated carbocycles. The van der Waals surface area contributed by atoms with Gasteiger partial charge in [-0.25, -0.2) is 4.39 Å². The summed E-state index contributed by atoms with van der Waals surface area (Å²) in [5, 5.41) is 3.52. The van der Waals surface area contributed by atoms with E-state index in [0.29, 0.717) is 0 Å². The number of nitrogens with one attached hydrogen (secondary N) is 1. The maximum absolute atomic E-state index is 13.6. The van der Waals surface area contributed by atoms with Crippen molar-refractivity contribution in [2.45, 2.75) is 26.3 Å². The Morgan fingerprint density at radius 2 is 2.14 bits per heavy atom. The second kappa shape index (κ2) is 7.38. The molecule has 2 nitrogen and oxygen atoms in total. The van der Waals surface area contributed by atoms with Crippen LogP contribution < -0.4 is 10.1 Å². The van der Waals surface area contributed by atoms with E-state index in [0.717, 1.165) is 23.0 Å². The minimum atomic E-state index is -0.334. The first-order chi connectivity index (χ1) is 10.1. The maximum Gasteiger partial charge on any atom is 0.165 e. The summed E-state index contributed by atoms with van der Waals surface area (Å²) in [4.78, 5) is 2.45. The van der Waals surface area contributed by atoms with Gasteiger partial charge in [0.25, 0.3) is 0 Å². The lowest BCUT2D eigenvalue weighted by Gasteiger charge is -2.18. The second-order valence-electron chi connectivity index (χ2n) is 4.83. The van der Waals surface area contributed by atoms with E-state index in [9.17, 15) is 4.39 Å². The van der Waals surface area contributed by atoms with Crippen LogP contribution in [0.5, 0.6) is 5.75 Å². The third kappa shape index (κ3) is 3.84. The van der Waals surface area contributed by atoms with Crippen molar-refractivity contribution in [2.75, 3.05) is 13.7 Å². The van der Waals surface area contributed by atoms with Gasteiger partial charge in [0, 0.05) is 14.2 Å². The van der Waals surface area contributed by atoms with Gasteiger partial charge in [-0.15, -0.1) is 11.3 Å². The Morgan fingerprint density at radius 1 is 1.38 bits per heavy atom. The lowest BCUT2D eigenvalue weighted by atomic mass is 10.0. The largest absolute Gasteiger partial charge is 0.494 e. The molecule has 0 bridgehead atoms. The molecule has 0 saturated heterocycles. The van der Waals surface area contributed by atoms with Crippen molar-refractivity contribution in [3.05, 3.63) is 49.9 Å². The Morgan fingerprint density at radius 3 is 2.71 bits per heavy atom. The van der Waals surface area contributed by atoms with Crippen molar-refractivity contribution in [1.29, 1.82) is 0 Å². The van der Waals surface area contributed by atoms with E-state index in [1.807, 2.05) is 6.07 Å². The Bertz CT molecular complexity index is 595. The molecule has 21 heavy (non-hydrogen) atoms. The zero-order chi connectivity index (χ0) is 15.4. The fraction of sp³-hybridized carbons (Fsp3) is 0.375. The number of thiophene rings is 1. The summed E-state index contributed by atoms with van der Waals surface area (Å²) in [6, 6.07) is 7.22. The Balaban J connectivity index is 2.39. The highest BCUT2D eigenvalue weighted by molar-refractivity contribution is 9.10. The third-order valence-electron chi connectivity index (χ3n) is 3.27. The molecule has 0 radical (unpaired) electrons. The molecular formula is C16H19BrFNOS. The van der Waals surface area contributed by atoms with E-state index in [2.05, 4.69) is 41.2 Å². The van der Waals surface area contributed by atoms with Gasteiger partial charge < -0.3 is 10.1 Å². The van der Waals surface area contributed by atoms with Gasteiger partial charge in [-0.3, -0.25) is 0 Å². The molecule has 114 valence electrons. The van der Waals surface area contributed by atoms with Gasteiger partial charge in [-0.1, -0.05) is 13.0 Å². The summed E-state index contributed by atoms with van der Waals surface area (Å²) in [7, 11) is 1.49. The minimum Gasteiger partial charge on any atom is -0.494 e. The topological polar surface area (TPSA) is 21.3 Å². The van der Waals surface area contributed by atoms with Crippen LogP contribution in [0, 0.1) is 12.7 Å². The van der Waals surface area contributed by atoms with Crippen LogP contribution in [0.25, 0.3) is 0 Å². The predicted molar refractivity (Wildman–Crippen MR) is 89.8 cm³/mol. The molecule has 1 atom stereocenters. The van der Waals surface area contributed by atoms with Gasteiger partial charge >= 0.3 is 0 Å². The maximum atomic E-state index is 13.6. The minimum absolute atomic E-state index is 0.0504. The second-order valence-corrected chi connectivity index (χ2v) is 6.98. The Labute approximate surface area is 137 Å². The van der Waals surface area contributed by atoms with E-state index in [1.165, 1.54) is 22.9 Å². The molecule has 0 amide bonds. The van der Waals surface area contributed by atoms with Gasteiger partial charge in [0.2, 0.25) is 0 Å². The van der Waals surface area contributed by atoms with Gasteiger partial charge in [0.1, 0.15) is 0 Å². The third-order valence-corrected chi connectivity index (χ3v) is 5.47. The highest BCUT2D eigenvalue weighted by Crippen LogP contribution is 2.35. The van der Waals surface area contributed by atoms with Crippen molar-refractivity contribution in [3.8, 4) is 5.75 Å². The summed E-state index contributed by atoms with van der Waals surface area (Å²) in [5.41, 5.74) is 1.01. The summed E-state index contributed by atoms with van der Waals surface area (Å²) in [5.74, 6) is -0.0535. The summed E-state index contributed by atoms with van der Waals surface area (Å²) < 4.78 is 19.8. The molecule has 5 heteroatoms. The molecule has 0 spiro atoms. The molecule has 1 heterocycles. The zero-order valence-electron chi connectivity index (χ0n) is 12.4. The van der Waals surface area contributed by atoms with E-state index in [4.69, 9.17) is 4.74 Å². The van der Waals surface area contributed by atoms with E-state index in [-0.39, 0.29) is 17.6 Å². The van der Waals surface area contributed by atoms with E-state index in [1.54, 1.807) is 17.4 Å². The van der Waals surface area contributed by atoms with Crippen LogP contribution in [0.3, 0.4) is 0 Å². The van der Waals surface area contributed by atoms with Crippen LogP contribution in [-0.2, 0) is 0 Å². The number of ether oxygens (including phenoxy) is 1. The zero-order valence-corrected chi connectivity index (χ0v) is 14.8. The van der Waals surface area contributed by atoms with Crippen molar-refractivity contribution in [2.24, 2.45) is 0 Å². The van der Waals surface area contributed by atoms with E-state index < -0.39 is 0 Å². The van der Waals surface area contributed by atoms with Gasteiger partial charge in [0.15, 0.2) is 11.6 Å². The fourth-order valence-corrected chi connectivity index (χ4v) is 3.82. The van der Waals surface area contributed by atoms with Crippen molar-refractivity contribution >= 4 is 27.3 Å².